The summed E-state index contributed by atoms with van der Waals surface area (Å²) in [5, 5.41) is 17.7. The number of pyridine rings is 1. The van der Waals surface area contributed by atoms with Crippen LogP contribution in [0.4, 0.5) is 11.6 Å². The summed E-state index contributed by atoms with van der Waals surface area (Å²) < 4.78 is 6.73. The number of benzene rings is 2. The van der Waals surface area contributed by atoms with Crippen molar-refractivity contribution in [2.45, 2.75) is 27.2 Å². The van der Waals surface area contributed by atoms with Gasteiger partial charge in [-0.2, -0.15) is 0 Å². The minimum absolute atomic E-state index is 0.0460. The smallest absolute Gasteiger partial charge is 0.321 e. The number of ketones is 1. The van der Waals surface area contributed by atoms with Gasteiger partial charge in [0.05, 0.1) is 16.3 Å². The molecule has 5 aromatic rings. The second kappa shape index (κ2) is 9.35. The predicted octanol–water partition coefficient (Wildman–Crippen LogP) is 4.32. The molecule has 0 unspecified atom stereocenters. The lowest BCUT2D eigenvalue weighted by atomic mass is 9.92. The maximum atomic E-state index is 13.2. The molecule has 8 nitrogen and oxygen atoms in total. The van der Waals surface area contributed by atoms with Gasteiger partial charge in [-0.3, -0.25) is 9.32 Å². The molecule has 0 saturated heterocycles. The quantitative estimate of drug-likeness (QED) is 0.161. The normalized spacial score (nSPS) is 11.8. The molecular formula is C27H23N5O3S. The lowest BCUT2D eigenvalue weighted by molar-refractivity contribution is -0.670. The molecule has 3 aromatic heterocycles. The van der Waals surface area contributed by atoms with Crippen molar-refractivity contribution in [3.63, 3.8) is 0 Å². The number of aryl methyl sites for hydroxylation is 2. The van der Waals surface area contributed by atoms with Crippen LogP contribution >= 0.6 is 11.3 Å². The first-order valence-electron chi connectivity index (χ1n) is 11.4. The van der Waals surface area contributed by atoms with Crippen molar-refractivity contribution in [1.29, 1.82) is 0 Å². The number of aromatic nitrogens is 3. The largest absolute Gasteiger partial charge is 0.857 e. The zero-order valence-corrected chi connectivity index (χ0v) is 20.8. The molecule has 0 amide bonds. The topological polar surface area (TPSA) is 121 Å². The van der Waals surface area contributed by atoms with E-state index in [-0.39, 0.29) is 22.2 Å². The van der Waals surface area contributed by atoms with Crippen LogP contribution < -0.4 is 15.5 Å². The fourth-order valence-electron chi connectivity index (χ4n) is 4.19. The van der Waals surface area contributed by atoms with E-state index in [0.717, 1.165) is 29.0 Å². The molecule has 0 atom stereocenters. The van der Waals surface area contributed by atoms with Crippen LogP contribution in [0, 0.1) is 6.92 Å². The summed E-state index contributed by atoms with van der Waals surface area (Å²) in [6.07, 6.45) is 2.42. The van der Waals surface area contributed by atoms with E-state index in [1.807, 2.05) is 54.6 Å². The molecule has 36 heavy (non-hydrogen) atoms. The van der Waals surface area contributed by atoms with Crippen molar-refractivity contribution in [3.8, 4) is 16.8 Å². The van der Waals surface area contributed by atoms with Crippen molar-refractivity contribution in [1.82, 2.24) is 10.3 Å². The lowest BCUT2D eigenvalue weighted by Crippen LogP contribution is -2.30. The third-order valence-corrected chi connectivity index (χ3v) is 7.03. The van der Waals surface area contributed by atoms with Crippen LogP contribution in [0.2, 0.25) is 0 Å². The number of para-hydroxylation sites is 1. The predicted molar refractivity (Wildman–Crippen MR) is 138 cm³/mol. The summed E-state index contributed by atoms with van der Waals surface area (Å²) in [7, 11) is 0. The zero-order chi connectivity index (χ0) is 25.4. The third kappa shape index (κ3) is 4.14. The number of carbonyl (C=O) groups is 1. The van der Waals surface area contributed by atoms with Crippen LogP contribution in [-0.2, 0) is 6.42 Å². The molecule has 2 aromatic carbocycles. The number of fused-ring (bicyclic) bond motifs is 1. The van der Waals surface area contributed by atoms with E-state index in [2.05, 4.69) is 22.2 Å². The van der Waals surface area contributed by atoms with Gasteiger partial charge in [-0.1, -0.05) is 49.4 Å². The average molecular weight is 498 g/mol. The van der Waals surface area contributed by atoms with Crippen LogP contribution in [0.3, 0.4) is 0 Å². The molecule has 0 aliphatic heterocycles. The summed E-state index contributed by atoms with van der Waals surface area (Å²) in [5.74, 6) is -0.641. The van der Waals surface area contributed by atoms with Gasteiger partial charge in [-0.05, 0) is 36.1 Å². The van der Waals surface area contributed by atoms with Gasteiger partial charge in [0.25, 0.3) is 6.20 Å². The monoisotopic (exact) mass is 497 g/mol. The van der Waals surface area contributed by atoms with E-state index in [1.54, 1.807) is 6.92 Å². The maximum Gasteiger partial charge on any atom is 0.321 e. The summed E-state index contributed by atoms with van der Waals surface area (Å²) in [4.78, 5) is 22.2. The van der Waals surface area contributed by atoms with Crippen molar-refractivity contribution in [2.24, 2.45) is 4.99 Å². The fraction of sp³-hybridized carbons (Fsp3) is 0.148. The molecule has 0 saturated carbocycles. The fourth-order valence-corrected chi connectivity index (χ4v) is 5.23. The van der Waals surface area contributed by atoms with Gasteiger partial charge >= 0.3 is 5.88 Å². The number of rotatable bonds is 6. The minimum Gasteiger partial charge on any atom is -0.857 e. The Hall–Kier alpha value is -4.37. The van der Waals surface area contributed by atoms with E-state index in [1.165, 1.54) is 23.4 Å². The van der Waals surface area contributed by atoms with Crippen LogP contribution in [0.15, 0.2) is 70.3 Å². The highest BCUT2D eigenvalue weighted by molar-refractivity contribution is 7.21. The van der Waals surface area contributed by atoms with E-state index in [9.17, 15) is 9.90 Å². The molecule has 9 heteroatoms. The molecular weight excluding hydrogens is 474 g/mol. The van der Waals surface area contributed by atoms with Gasteiger partial charge in [-0.15, -0.1) is 11.3 Å². The van der Waals surface area contributed by atoms with E-state index in [4.69, 9.17) is 10.3 Å². The van der Waals surface area contributed by atoms with Gasteiger partial charge in [0, 0.05) is 34.5 Å². The maximum absolute atomic E-state index is 13.2. The second-order valence-electron chi connectivity index (χ2n) is 8.32. The Bertz CT molecular complexity index is 1620. The molecule has 0 bridgehead atoms. The SMILES string of the molecule is CCc1ccc(-c2c(C(C)=O)c(C)nc3sc(/C([O-])=N/c4c[n+](-c5ccccc5)no4)c(N)c23)cc1. The van der Waals surface area contributed by atoms with Crippen LogP contribution in [0.25, 0.3) is 27.0 Å². The first-order valence-corrected chi connectivity index (χ1v) is 12.2. The lowest BCUT2D eigenvalue weighted by Gasteiger charge is -2.13. The number of carbonyl (C=O) groups excluding carboxylic acids is 1. The number of hydrogen-bond acceptors (Lipinski definition) is 8. The Morgan fingerprint density at radius 1 is 1.17 bits per heavy atom. The van der Waals surface area contributed by atoms with Crippen LogP contribution in [0.5, 0.6) is 0 Å². The number of nitrogen functional groups attached to an aromatic ring is 1. The average Bonchev–Trinajstić information content (AvgIpc) is 3.48. The summed E-state index contributed by atoms with van der Waals surface area (Å²) in [6, 6.07) is 17.3. The molecule has 0 fully saturated rings. The second-order valence-corrected chi connectivity index (χ2v) is 9.32. The number of anilines is 1. The van der Waals surface area contributed by atoms with E-state index >= 15 is 0 Å². The number of hydrogen-bond donors (Lipinski definition) is 1. The number of thiophene rings is 1. The van der Waals surface area contributed by atoms with Gasteiger partial charge in [-0.25, -0.2) is 9.98 Å². The molecule has 0 spiro atoms. The highest BCUT2D eigenvalue weighted by Crippen LogP contribution is 2.42. The Labute approximate surface area is 211 Å². The minimum atomic E-state index is -0.568. The molecule has 0 aliphatic carbocycles. The van der Waals surface area contributed by atoms with Gasteiger partial charge < -0.3 is 10.8 Å². The molecule has 0 radical (unpaired) electrons. The molecule has 2 N–H and O–H groups in total. The van der Waals surface area contributed by atoms with Crippen molar-refractivity contribution < 1.29 is 19.1 Å². The number of aliphatic imine (C=N–C) groups is 1. The van der Waals surface area contributed by atoms with Gasteiger partial charge in [0.2, 0.25) is 11.0 Å². The van der Waals surface area contributed by atoms with Gasteiger partial charge in [0.15, 0.2) is 5.78 Å². The molecule has 180 valence electrons. The molecule has 5 rings (SSSR count). The Kier molecular flexibility index (Phi) is 6.07. The highest BCUT2D eigenvalue weighted by atomic mass is 32.1. The van der Waals surface area contributed by atoms with E-state index < -0.39 is 5.90 Å². The molecule has 3 heterocycles. The standard InChI is InChI=1S/C27H23N5O3S/c1-4-17-10-12-18(13-11-17)22-21(16(3)33)15(2)29-27-23(22)24(28)25(36-27)26(34)30-20-14-32(31-35-20)19-8-6-5-7-9-19/h5-14H,4H2,1-3H3,(H2-,28,30,31,34). The van der Waals surface area contributed by atoms with E-state index in [0.29, 0.717) is 27.0 Å². The first-order chi connectivity index (χ1) is 17.4. The summed E-state index contributed by atoms with van der Waals surface area (Å²) >= 11 is 1.15. The van der Waals surface area contributed by atoms with Crippen LogP contribution in [-0.4, -0.2) is 21.9 Å². The Morgan fingerprint density at radius 2 is 1.89 bits per heavy atom. The zero-order valence-electron chi connectivity index (χ0n) is 20.0. The Morgan fingerprint density at radius 3 is 2.56 bits per heavy atom. The number of nitrogens with two attached hydrogens (primary N) is 1. The number of nitrogens with zero attached hydrogens (tertiary/aromatic N) is 4. The third-order valence-electron chi connectivity index (χ3n) is 5.94. The summed E-state index contributed by atoms with van der Waals surface area (Å²) in [5.41, 5.74) is 11.3. The van der Waals surface area contributed by atoms with Gasteiger partial charge in [0.1, 0.15) is 4.83 Å². The molecule has 0 aliphatic rings. The van der Waals surface area contributed by atoms with Crippen LogP contribution in [0.1, 0.15) is 40.3 Å². The number of Topliss-reactive ketones (excluding diaryl/α,β-unsaturated/α-hetero) is 1. The van der Waals surface area contributed by atoms with Crippen molar-refractivity contribution in [3.05, 3.63) is 82.5 Å². The van der Waals surface area contributed by atoms with Crippen molar-refractivity contribution in [2.75, 3.05) is 5.73 Å². The first kappa shape index (κ1) is 23.4. The summed E-state index contributed by atoms with van der Waals surface area (Å²) in [6.45, 7) is 5.38. The highest BCUT2D eigenvalue weighted by Gasteiger charge is 2.23. The van der Waals surface area contributed by atoms with Crippen molar-refractivity contribution >= 4 is 44.8 Å². The Balaban J connectivity index is 1.65.